The molecule has 0 saturated heterocycles. The summed E-state index contributed by atoms with van der Waals surface area (Å²) in [4.78, 5) is 8.75. The smallest absolute Gasteiger partial charge is 0.231 e. The second kappa shape index (κ2) is 13.1. The number of imidazole rings is 1. The number of ether oxygens (including phenoxy) is 2. The van der Waals surface area contributed by atoms with Crippen molar-refractivity contribution in [2.75, 3.05) is 19.6 Å². The number of aryl methyl sites for hydroxylation is 1. The molecule has 0 unspecified atom stereocenters. The second-order valence-electron chi connectivity index (χ2n) is 10.3. The zero-order valence-electron chi connectivity index (χ0n) is 23.4. The van der Waals surface area contributed by atoms with Gasteiger partial charge >= 0.3 is 0 Å². The SMILES string of the molecule is CSc1ccc(CCN(Cc2ccc3c(c2)OCO3)Cc2cnc(-c3ccccc3)n2CCc2ccccc2)cc1. The van der Waals surface area contributed by atoms with Gasteiger partial charge < -0.3 is 14.0 Å². The predicted molar refractivity (Wildman–Crippen MR) is 166 cm³/mol. The Balaban J connectivity index is 1.27. The minimum atomic E-state index is 0.289. The predicted octanol–water partition coefficient (Wildman–Crippen LogP) is 7.49. The van der Waals surface area contributed by atoms with E-state index in [0.29, 0.717) is 0 Å². The molecule has 1 aromatic heterocycles. The van der Waals surface area contributed by atoms with Crippen LogP contribution in [0.4, 0.5) is 0 Å². The van der Waals surface area contributed by atoms with Gasteiger partial charge in [-0.15, -0.1) is 11.8 Å². The zero-order chi connectivity index (χ0) is 27.9. The van der Waals surface area contributed by atoms with Gasteiger partial charge in [-0.3, -0.25) is 4.90 Å². The number of fused-ring (bicyclic) bond motifs is 1. The lowest BCUT2D eigenvalue weighted by atomic mass is 10.1. The maximum atomic E-state index is 5.68. The van der Waals surface area contributed by atoms with Crippen LogP contribution in [0.1, 0.15) is 22.4 Å². The van der Waals surface area contributed by atoms with Crippen molar-refractivity contribution in [3.05, 3.63) is 132 Å². The molecule has 1 aliphatic rings. The van der Waals surface area contributed by atoms with Crippen LogP contribution < -0.4 is 9.47 Å². The van der Waals surface area contributed by atoms with Gasteiger partial charge in [0.15, 0.2) is 11.5 Å². The lowest BCUT2D eigenvalue weighted by Gasteiger charge is -2.24. The third-order valence-electron chi connectivity index (χ3n) is 7.54. The van der Waals surface area contributed by atoms with E-state index in [0.717, 1.165) is 61.9 Å². The molecule has 0 spiro atoms. The van der Waals surface area contributed by atoms with Crippen molar-refractivity contribution in [1.29, 1.82) is 0 Å². The van der Waals surface area contributed by atoms with Gasteiger partial charge in [0.1, 0.15) is 5.82 Å². The van der Waals surface area contributed by atoms with Crippen LogP contribution in [-0.4, -0.2) is 34.0 Å². The van der Waals surface area contributed by atoms with E-state index < -0.39 is 0 Å². The van der Waals surface area contributed by atoms with Crippen LogP contribution in [0.15, 0.2) is 114 Å². The third-order valence-corrected chi connectivity index (χ3v) is 8.29. The molecule has 5 aromatic rings. The average Bonchev–Trinajstić information content (AvgIpc) is 3.66. The van der Waals surface area contributed by atoms with Crippen molar-refractivity contribution >= 4 is 11.8 Å². The third kappa shape index (κ3) is 6.84. The maximum Gasteiger partial charge on any atom is 0.231 e. The summed E-state index contributed by atoms with van der Waals surface area (Å²) < 4.78 is 13.6. The number of hydrogen-bond donors (Lipinski definition) is 0. The van der Waals surface area contributed by atoms with Crippen molar-refractivity contribution in [1.82, 2.24) is 14.5 Å². The fourth-order valence-corrected chi connectivity index (χ4v) is 5.72. The van der Waals surface area contributed by atoms with Gasteiger partial charge in [0, 0.05) is 36.6 Å². The Morgan fingerprint density at radius 2 is 1.46 bits per heavy atom. The Morgan fingerprint density at radius 1 is 0.756 bits per heavy atom. The van der Waals surface area contributed by atoms with Crippen LogP contribution in [0.25, 0.3) is 11.4 Å². The average molecular weight is 562 g/mol. The minimum absolute atomic E-state index is 0.289. The van der Waals surface area contributed by atoms with E-state index in [1.54, 1.807) is 11.8 Å². The van der Waals surface area contributed by atoms with Gasteiger partial charge in [0.2, 0.25) is 6.79 Å². The van der Waals surface area contributed by atoms with E-state index in [1.165, 1.54) is 27.3 Å². The van der Waals surface area contributed by atoms with Crippen molar-refractivity contribution in [3.63, 3.8) is 0 Å². The van der Waals surface area contributed by atoms with Gasteiger partial charge in [-0.05, 0) is 60.1 Å². The quantitative estimate of drug-likeness (QED) is 0.148. The Hall–Kier alpha value is -4.00. The molecule has 6 rings (SSSR count). The van der Waals surface area contributed by atoms with E-state index in [2.05, 4.69) is 119 Å². The molecule has 0 atom stereocenters. The Morgan fingerprint density at radius 3 is 2.24 bits per heavy atom. The number of benzene rings is 4. The van der Waals surface area contributed by atoms with Crippen LogP contribution in [0.2, 0.25) is 0 Å². The fraction of sp³-hybridized carbons (Fsp3) is 0.229. The molecule has 4 aromatic carbocycles. The molecule has 0 saturated carbocycles. The Labute approximate surface area is 246 Å². The molecule has 0 amide bonds. The highest BCUT2D eigenvalue weighted by atomic mass is 32.2. The molecule has 1 aliphatic heterocycles. The molecule has 0 radical (unpaired) electrons. The van der Waals surface area contributed by atoms with Crippen LogP contribution >= 0.6 is 11.8 Å². The molecule has 5 nitrogen and oxygen atoms in total. The number of thioether (sulfide) groups is 1. The summed E-state index contributed by atoms with van der Waals surface area (Å²) in [7, 11) is 0. The number of rotatable bonds is 12. The van der Waals surface area contributed by atoms with Gasteiger partial charge in [-0.25, -0.2) is 4.98 Å². The lowest BCUT2D eigenvalue weighted by molar-refractivity contribution is 0.174. The normalized spacial score (nSPS) is 12.2. The molecule has 0 bridgehead atoms. The largest absolute Gasteiger partial charge is 0.454 e. The molecule has 208 valence electrons. The molecule has 0 aliphatic carbocycles. The van der Waals surface area contributed by atoms with Gasteiger partial charge in [0.25, 0.3) is 0 Å². The molecule has 6 heteroatoms. The van der Waals surface area contributed by atoms with Gasteiger partial charge in [0.05, 0.1) is 11.9 Å². The van der Waals surface area contributed by atoms with E-state index in [-0.39, 0.29) is 6.79 Å². The van der Waals surface area contributed by atoms with Crippen molar-refractivity contribution < 1.29 is 9.47 Å². The lowest BCUT2D eigenvalue weighted by Crippen LogP contribution is -2.27. The number of nitrogens with zero attached hydrogens (tertiary/aromatic N) is 3. The first-order valence-electron chi connectivity index (χ1n) is 14.1. The zero-order valence-corrected chi connectivity index (χ0v) is 24.2. The summed E-state index contributed by atoms with van der Waals surface area (Å²) in [6.45, 7) is 3.70. The van der Waals surface area contributed by atoms with Crippen LogP contribution in [-0.2, 0) is 32.5 Å². The fourth-order valence-electron chi connectivity index (χ4n) is 5.31. The van der Waals surface area contributed by atoms with E-state index in [1.807, 2.05) is 6.07 Å². The van der Waals surface area contributed by atoms with Crippen LogP contribution in [0.3, 0.4) is 0 Å². The summed E-state index contributed by atoms with van der Waals surface area (Å²) >= 11 is 1.78. The summed E-state index contributed by atoms with van der Waals surface area (Å²) in [5.74, 6) is 2.67. The molecule has 41 heavy (non-hydrogen) atoms. The maximum absolute atomic E-state index is 5.68. The highest BCUT2D eigenvalue weighted by molar-refractivity contribution is 7.98. The topological polar surface area (TPSA) is 39.5 Å². The standard InChI is InChI=1S/C35H35N3O2S/c1-41-32-15-12-28(13-16-32)18-20-37(24-29-14-17-33-34(22-29)40-26-39-33)25-31-23-36-35(30-10-6-3-7-11-30)38(31)21-19-27-8-4-2-5-9-27/h2-17,22-23H,18-21,24-26H2,1H3. The summed E-state index contributed by atoms with van der Waals surface area (Å²) in [5.41, 5.74) is 6.25. The van der Waals surface area contributed by atoms with Gasteiger partial charge in [-0.2, -0.15) is 0 Å². The number of aromatic nitrogens is 2. The van der Waals surface area contributed by atoms with Crippen LogP contribution in [0, 0.1) is 0 Å². The molecular formula is C35H35N3O2S. The Bertz CT molecular complexity index is 1550. The first-order chi connectivity index (χ1) is 20.2. The molecule has 0 fully saturated rings. The van der Waals surface area contributed by atoms with Crippen molar-refractivity contribution in [2.24, 2.45) is 0 Å². The first kappa shape index (κ1) is 27.2. The number of hydrogen-bond acceptors (Lipinski definition) is 5. The highest BCUT2D eigenvalue weighted by Gasteiger charge is 2.18. The van der Waals surface area contributed by atoms with Gasteiger partial charge in [-0.1, -0.05) is 78.9 Å². The van der Waals surface area contributed by atoms with E-state index in [4.69, 9.17) is 14.5 Å². The van der Waals surface area contributed by atoms with E-state index in [9.17, 15) is 0 Å². The summed E-state index contributed by atoms with van der Waals surface area (Å²) in [6, 6.07) is 36.4. The molecule has 2 heterocycles. The van der Waals surface area contributed by atoms with Crippen molar-refractivity contribution in [2.45, 2.75) is 37.4 Å². The van der Waals surface area contributed by atoms with Crippen molar-refractivity contribution in [3.8, 4) is 22.9 Å². The molecular weight excluding hydrogens is 526 g/mol. The summed E-state index contributed by atoms with van der Waals surface area (Å²) in [6.07, 6.45) is 6.11. The second-order valence-corrected chi connectivity index (χ2v) is 11.2. The minimum Gasteiger partial charge on any atom is -0.454 e. The van der Waals surface area contributed by atoms with E-state index >= 15 is 0 Å². The first-order valence-corrected chi connectivity index (χ1v) is 15.4. The monoisotopic (exact) mass is 561 g/mol. The Kier molecular flexibility index (Phi) is 8.69. The summed E-state index contributed by atoms with van der Waals surface area (Å²) in [5, 5.41) is 0. The van der Waals surface area contributed by atoms with Crippen LogP contribution in [0.5, 0.6) is 11.5 Å². The highest BCUT2D eigenvalue weighted by Crippen LogP contribution is 2.33. The molecule has 0 N–H and O–H groups in total.